The summed E-state index contributed by atoms with van der Waals surface area (Å²) < 4.78 is 15.3. The van der Waals surface area contributed by atoms with Crippen LogP contribution in [0.4, 0.5) is 4.39 Å². The van der Waals surface area contributed by atoms with Crippen molar-refractivity contribution in [2.45, 2.75) is 43.9 Å². The average Bonchev–Trinajstić information content (AvgIpc) is 2.82. The van der Waals surface area contributed by atoms with E-state index in [9.17, 15) is 34.8 Å². The van der Waals surface area contributed by atoms with E-state index >= 15 is 4.39 Å². The number of Topliss-reactive ketones (excluding diaryl/α,β-unsaturated/α-hetero) is 1. The number of fused-ring (bicyclic) bond motifs is 3. The number of amides is 2. The standard InChI is InChI=1S/C25H31BFN4O7/c1-4-29-8-14(32)30-13-7-12(27)10-5-9-6-11-18(31(2)3)21(35)17(24(28)37)22(26)25(11,38)23(36)15(9)20(34)16(10)19(13)33/h9,11,13,18,29,34-36,38H,4-8H2,1-3H3,(H2,28,37)(H,30,32)/t9-,11-,13?,18-,25+/m0/s1. The fourth-order valence-corrected chi connectivity index (χ4v) is 6.18. The number of nitrogens with two attached hydrogens (primary N) is 1. The number of nitrogens with one attached hydrogen (secondary N) is 2. The maximum absolute atomic E-state index is 15.3. The van der Waals surface area contributed by atoms with Crippen LogP contribution in [0.1, 0.15) is 26.2 Å². The Bertz CT molecular complexity index is 1270. The Morgan fingerprint density at radius 2 is 1.89 bits per heavy atom. The summed E-state index contributed by atoms with van der Waals surface area (Å²) >= 11 is 0. The number of rotatable bonds is 6. The maximum atomic E-state index is 15.3. The van der Waals surface area contributed by atoms with Gasteiger partial charge < -0.3 is 0 Å². The zero-order valence-corrected chi connectivity index (χ0v) is 21.3. The van der Waals surface area contributed by atoms with E-state index in [1.54, 1.807) is 21.0 Å². The van der Waals surface area contributed by atoms with Crippen LogP contribution in [-0.4, -0.2) is 101 Å². The molecule has 5 atom stereocenters. The van der Waals surface area contributed by atoms with Gasteiger partial charge in [-0.3, -0.25) is 0 Å². The summed E-state index contributed by atoms with van der Waals surface area (Å²) in [4.78, 5) is 39.1. The van der Waals surface area contributed by atoms with Crippen LogP contribution >= 0.6 is 0 Å². The van der Waals surface area contributed by atoms with Crippen molar-refractivity contribution in [2.75, 3.05) is 27.2 Å². The van der Waals surface area contributed by atoms with Crippen LogP contribution in [0.3, 0.4) is 0 Å². The molecule has 0 fully saturated rings. The third-order valence-electron chi connectivity index (χ3n) is 7.89. The first-order valence-corrected chi connectivity index (χ1v) is 12.3. The second-order valence-corrected chi connectivity index (χ2v) is 10.3. The van der Waals surface area contributed by atoms with Gasteiger partial charge in [0, 0.05) is 0 Å². The zero-order chi connectivity index (χ0) is 28.3. The third-order valence-corrected chi connectivity index (χ3v) is 7.89. The van der Waals surface area contributed by atoms with Crippen LogP contribution in [0.25, 0.3) is 0 Å². The normalized spacial score (nSPS) is 31.4. The molecular formula is C25H31BFN4O7. The number of hydrogen-bond donors (Lipinski definition) is 7. The van der Waals surface area contributed by atoms with Gasteiger partial charge in [0.25, 0.3) is 0 Å². The van der Waals surface area contributed by atoms with Gasteiger partial charge >= 0.3 is 206 Å². The van der Waals surface area contributed by atoms with E-state index in [-0.39, 0.29) is 37.0 Å². The van der Waals surface area contributed by atoms with E-state index in [1.807, 2.05) is 0 Å². The Balaban J connectivity index is 1.85. The number of nitrogens with zero attached hydrogens (tertiary/aromatic N) is 1. The molecule has 0 saturated carbocycles. The van der Waals surface area contributed by atoms with E-state index < -0.39 is 86.8 Å². The second-order valence-electron chi connectivity index (χ2n) is 10.3. The molecule has 13 heteroatoms. The van der Waals surface area contributed by atoms with E-state index in [4.69, 9.17) is 13.2 Å². The number of carbonyl (C=O) groups excluding carboxylic acids is 3. The number of allylic oxidation sites excluding steroid dienone is 2. The molecule has 203 valence electrons. The van der Waals surface area contributed by atoms with Crippen LogP contribution in [0.2, 0.25) is 0 Å². The molecule has 2 amide bonds. The summed E-state index contributed by atoms with van der Waals surface area (Å²) in [6.07, 6.45) is -0.477. The predicted molar refractivity (Wildman–Crippen MR) is 136 cm³/mol. The van der Waals surface area contributed by atoms with Crippen molar-refractivity contribution in [3.8, 4) is 0 Å². The van der Waals surface area contributed by atoms with Crippen LogP contribution in [-0.2, 0) is 14.4 Å². The number of likely N-dealkylation sites (N-methyl/N-ethyl adjacent to an activating group) is 2. The number of halogens is 1. The van der Waals surface area contributed by atoms with Gasteiger partial charge in [-0.2, -0.15) is 0 Å². The SMILES string of the molecule is [B]=C1C(C(N)=O)=C(O)[C@@H](N(C)C)[C@@H]2C[C@@H]3CC4=C(F)CC(NC(=O)CNCC)C(=O)C4=C(O)C3=C(O)[C@]12O. The number of aliphatic hydroxyl groups is 4. The predicted octanol–water partition coefficient (Wildman–Crippen LogP) is -0.746. The molecule has 0 heterocycles. The number of carbonyl (C=O) groups is 3. The molecule has 4 rings (SSSR count). The zero-order valence-electron chi connectivity index (χ0n) is 21.3. The van der Waals surface area contributed by atoms with Crippen molar-refractivity contribution in [3.05, 3.63) is 45.4 Å². The molecule has 4 aliphatic rings. The average molecular weight is 529 g/mol. The van der Waals surface area contributed by atoms with E-state index in [1.165, 1.54) is 4.90 Å². The first kappa shape index (κ1) is 27.7. The molecule has 0 aromatic heterocycles. The van der Waals surface area contributed by atoms with Crippen molar-refractivity contribution >= 4 is 30.5 Å². The van der Waals surface area contributed by atoms with E-state index in [0.717, 1.165) is 0 Å². The van der Waals surface area contributed by atoms with Gasteiger partial charge in [-0.15, -0.1) is 0 Å². The summed E-state index contributed by atoms with van der Waals surface area (Å²) in [6, 6.07) is -2.28. The van der Waals surface area contributed by atoms with Crippen molar-refractivity contribution in [2.24, 2.45) is 17.6 Å². The summed E-state index contributed by atoms with van der Waals surface area (Å²) in [5, 5.41) is 50.5. The fraction of sp³-hybridized carbons (Fsp3) is 0.520. The van der Waals surface area contributed by atoms with Gasteiger partial charge in [-0.1, -0.05) is 6.92 Å². The van der Waals surface area contributed by atoms with Crippen LogP contribution in [0.5, 0.6) is 0 Å². The second kappa shape index (κ2) is 9.79. The molecule has 38 heavy (non-hydrogen) atoms. The summed E-state index contributed by atoms with van der Waals surface area (Å²) in [5.74, 6) is -6.87. The topological polar surface area (TPSA) is 185 Å². The number of hydrogen-bond acceptors (Lipinski definition) is 9. The number of ketones is 1. The monoisotopic (exact) mass is 529 g/mol. The van der Waals surface area contributed by atoms with Gasteiger partial charge in [-0.25, -0.2) is 0 Å². The van der Waals surface area contributed by atoms with Gasteiger partial charge in [0.2, 0.25) is 0 Å². The molecular weight excluding hydrogens is 498 g/mol. The van der Waals surface area contributed by atoms with Gasteiger partial charge in [0.15, 0.2) is 0 Å². The first-order valence-electron chi connectivity index (χ1n) is 12.3. The number of aliphatic hydroxyl groups excluding tert-OH is 3. The van der Waals surface area contributed by atoms with Gasteiger partial charge in [0.05, 0.1) is 0 Å². The molecule has 11 nitrogen and oxygen atoms in total. The van der Waals surface area contributed by atoms with Gasteiger partial charge in [-0.05, 0) is 6.54 Å². The van der Waals surface area contributed by atoms with E-state index in [0.29, 0.717) is 6.54 Å². The third kappa shape index (κ3) is 4.00. The van der Waals surface area contributed by atoms with E-state index in [2.05, 4.69) is 10.6 Å². The Labute approximate surface area is 219 Å². The molecule has 4 aliphatic carbocycles. The number of primary amides is 1. The van der Waals surface area contributed by atoms with Gasteiger partial charge in [0.1, 0.15) is 0 Å². The molecule has 0 aromatic rings. The molecule has 0 spiro atoms. The van der Waals surface area contributed by atoms with Crippen LogP contribution in [0.15, 0.2) is 45.4 Å². The molecule has 8 N–H and O–H groups in total. The Morgan fingerprint density at radius 3 is 2.47 bits per heavy atom. The summed E-state index contributed by atoms with van der Waals surface area (Å²) in [6.45, 7) is 2.21. The van der Waals surface area contributed by atoms with Crippen molar-refractivity contribution in [3.63, 3.8) is 0 Å². The van der Waals surface area contributed by atoms with Crippen LogP contribution < -0.4 is 16.4 Å². The van der Waals surface area contributed by atoms with Crippen molar-refractivity contribution in [1.82, 2.24) is 15.5 Å². The quantitative estimate of drug-likeness (QED) is 0.218. The Kier molecular flexibility index (Phi) is 7.15. The first-order chi connectivity index (χ1) is 17.8. The summed E-state index contributed by atoms with van der Waals surface area (Å²) in [7, 11) is 9.29. The molecule has 0 bridgehead atoms. The minimum absolute atomic E-state index is 0.000698. The molecule has 1 radical (unpaired) electrons. The van der Waals surface area contributed by atoms with Crippen molar-refractivity contribution in [1.29, 1.82) is 0 Å². The fourth-order valence-electron chi connectivity index (χ4n) is 6.18. The molecule has 0 saturated heterocycles. The molecule has 0 aromatic carbocycles. The van der Waals surface area contributed by atoms with Crippen molar-refractivity contribution < 1.29 is 39.2 Å². The molecule has 1 unspecified atom stereocenters. The Hall–Kier alpha value is -3.29. The summed E-state index contributed by atoms with van der Waals surface area (Å²) in [5.41, 5.74) is 1.20. The Morgan fingerprint density at radius 1 is 1.24 bits per heavy atom. The molecule has 0 aliphatic heterocycles. The minimum atomic E-state index is -2.43. The van der Waals surface area contributed by atoms with Crippen LogP contribution in [0, 0.1) is 11.8 Å².